The van der Waals surface area contributed by atoms with Crippen LogP contribution in [0.3, 0.4) is 0 Å². The molecule has 0 unspecified atom stereocenters. The van der Waals surface area contributed by atoms with E-state index in [1.54, 1.807) is 0 Å². The van der Waals surface area contributed by atoms with E-state index in [4.69, 9.17) is 4.99 Å². The van der Waals surface area contributed by atoms with Crippen molar-refractivity contribution in [3.05, 3.63) is 35.7 Å². The maximum Gasteiger partial charge on any atom is 0.205 e. The fraction of sp³-hybridized carbons (Fsp3) is 0.550. The first-order valence-corrected chi connectivity index (χ1v) is 10.7. The first kappa shape index (κ1) is 23.7. The summed E-state index contributed by atoms with van der Waals surface area (Å²) in [4.78, 5) is 16.3. The number of nitrogens with zero attached hydrogens (tertiary/aromatic N) is 6. The Kier molecular flexibility index (Phi) is 9.41. The Bertz CT molecular complexity index is 767. The monoisotopic (exact) mass is 529 g/mol. The lowest BCUT2D eigenvalue weighted by molar-refractivity contribution is 0.372. The van der Waals surface area contributed by atoms with Crippen molar-refractivity contribution < 1.29 is 0 Å². The third-order valence-corrected chi connectivity index (χ3v) is 5.64. The van der Waals surface area contributed by atoms with Gasteiger partial charge in [-0.1, -0.05) is 19.1 Å². The molecule has 3 rings (SSSR count). The average molecular weight is 529 g/mol. The smallest absolute Gasteiger partial charge is 0.205 e. The Morgan fingerprint density at radius 3 is 2.38 bits per heavy atom. The van der Waals surface area contributed by atoms with Crippen LogP contribution in [0.4, 0.5) is 10.8 Å². The minimum absolute atomic E-state index is 0. The molecule has 1 fully saturated rings. The van der Waals surface area contributed by atoms with Crippen LogP contribution in [0.5, 0.6) is 0 Å². The molecule has 29 heavy (non-hydrogen) atoms. The summed E-state index contributed by atoms with van der Waals surface area (Å²) in [5, 5.41) is 4.48. The Morgan fingerprint density at radius 2 is 1.83 bits per heavy atom. The van der Waals surface area contributed by atoms with Crippen LogP contribution >= 0.6 is 35.5 Å². The van der Waals surface area contributed by atoms with Gasteiger partial charge in [0, 0.05) is 70.5 Å². The molecule has 0 radical (unpaired) electrons. The van der Waals surface area contributed by atoms with Crippen molar-refractivity contribution in [2.45, 2.75) is 26.8 Å². The molecule has 2 aromatic rings. The number of aromatic nitrogens is 2. The summed E-state index contributed by atoms with van der Waals surface area (Å²) in [5.41, 5.74) is 2.43. The third kappa shape index (κ3) is 6.43. The summed E-state index contributed by atoms with van der Waals surface area (Å²) in [6, 6.07) is 8.59. The zero-order valence-corrected chi connectivity index (χ0v) is 20.9. The summed E-state index contributed by atoms with van der Waals surface area (Å²) in [6.45, 7) is 9.53. The minimum Gasteiger partial charge on any atom is -0.378 e. The molecule has 160 valence electrons. The standard InChI is InChI=1S/C20H31N7S.HI/c1-5-18-23-20(28-24-18)27-13-11-26(12-14-27)19(21-6-2)22-15-16-7-9-17(10-8-16)25(3)4;/h7-10H,5-6,11-15H2,1-4H3,(H,21,22);1H. The zero-order chi connectivity index (χ0) is 19.9. The molecule has 1 aromatic carbocycles. The van der Waals surface area contributed by atoms with Gasteiger partial charge < -0.3 is 20.0 Å². The first-order chi connectivity index (χ1) is 13.6. The van der Waals surface area contributed by atoms with Gasteiger partial charge in [0.05, 0.1) is 6.54 Å². The van der Waals surface area contributed by atoms with Gasteiger partial charge in [0.2, 0.25) is 5.13 Å². The number of aliphatic imine (C=N–C) groups is 1. The van der Waals surface area contributed by atoms with Crippen LogP contribution in [0.15, 0.2) is 29.3 Å². The van der Waals surface area contributed by atoms with Crippen molar-refractivity contribution >= 4 is 52.3 Å². The SMILES string of the molecule is CCNC(=NCc1ccc(N(C)C)cc1)N1CCN(c2nc(CC)ns2)CC1.I. The van der Waals surface area contributed by atoms with Gasteiger partial charge >= 0.3 is 0 Å². The molecule has 0 amide bonds. The number of halogens is 1. The molecule has 1 aromatic heterocycles. The van der Waals surface area contributed by atoms with Crippen molar-refractivity contribution in [2.24, 2.45) is 4.99 Å². The molecule has 0 saturated carbocycles. The maximum atomic E-state index is 4.87. The number of hydrogen-bond acceptors (Lipinski definition) is 6. The van der Waals surface area contributed by atoms with E-state index in [1.807, 2.05) is 0 Å². The summed E-state index contributed by atoms with van der Waals surface area (Å²) in [7, 11) is 4.11. The summed E-state index contributed by atoms with van der Waals surface area (Å²) < 4.78 is 4.41. The fourth-order valence-corrected chi connectivity index (χ4v) is 3.92. The Morgan fingerprint density at radius 1 is 1.14 bits per heavy atom. The molecule has 1 N–H and O–H groups in total. The van der Waals surface area contributed by atoms with Gasteiger partial charge in [-0.05, 0) is 24.6 Å². The topological polar surface area (TPSA) is 59.9 Å². The van der Waals surface area contributed by atoms with Crippen LogP contribution in [0.2, 0.25) is 0 Å². The molecular formula is C20H32IN7S. The number of guanidine groups is 1. The van der Waals surface area contributed by atoms with Crippen LogP contribution in [-0.2, 0) is 13.0 Å². The molecule has 1 saturated heterocycles. The number of benzene rings is 1. The van der Waals surface area contributed by atoms with Crippen molar-refractivity contribution in [1.29, 1.82) is 0 Å². The van der Waals surface area contributed by atoms with E-state index in [9.17, 15) is 0 Å². The second-order valence-corrected chi connectivity index (χ2v) is 7.78. The van der Waals surface area contributed by atoms with Crippen LogP contribution in [0.1, 0.15) is 25.2 Å². The van der Waals surface area contributed by atoms with Crippen molar-refractivity contribution in [2.75, 3.05) is 56.6 Å². The molecule has 0 bridgehead atoms. The zero-order valence-electron chi connectivity index (χ0n) is 17.8. The van der Waals surface area contributed by atoms with E-state index in [0.717, 1.165) is 56.1 Å². The summed E-state index contributed by atoms with van der Waals surface area (Å²) in [5.74, 6) is 1.93. The molecule has 2 heterocycles. The van der Waals surface area contributed by atoms with Gasteiger partial charge in [-0.15, -0.1) is 24.0 Å². The van der Waals surface area contributed by atoms with E-state index in [1.165, 1.54) is 22.8 Å². The van der Waals surface area contributed by atoms with Gasteiger partial charge in [-0.2, -0.15) is 4.37 Å². The molecule has 1 aliphatic rings. The van der Waals surface area contributed by atoms with Crippen molar-refractivity contribution in [1.82, 2.24) is 19.6 Å². The fourth-order valence-electron chi connectivity index (χ4n) is 3.12. The molecule has 7 nitrogen and oxygen atoms in total. The minimum atomic E-state index is 0. The number of hydrogen-bond donors (Lipinski definition) is 1. The number of anilines is 2. The number of rotatable bonds is 6. The van der Waals surface area contributed by atoms with Crippen LogP contribution in [0.25, 0.3) is 0 Å². The lowest BCUT2D eigenvalue weighted by Crippen LogP contribution is -2.52. The third-order valence-electron chi connectivity index (χ3n) is 4.82. The molecule has 1 aliphatic heterocycles. The van der Waals surface area contributed by atoms with Crippen LogP contribution < -0.4 is 15.1 Å². The van der Waals surface area contributed by atoms with Gasteiger partial charge in [0.25, 0.3) is 0 Å². The van der Waals surface area contributed by atoms with Gasteiger partial charge in [0.1, 0.15) is 5.82 Å². The summed E-state index contributed by atoms with van der Waals surface area (Å²) >= 11 is 1.51. The van der Waals surface area contributed by atoms with Crippen LogP contribution in [-0.4, -0.2) is 67.0 Å². The lowest BCUT2D eigenvalue weighted by atomic mass is 10.2. The van der Waals surface area contributed by atoms with E-state index in [-0.39, 0.29) is 24.0 Å². The predicted molar refractivity (Wildman–Crippen MR) is 134 cm³/mol. The molecule has 9 heteroatoms. The summed E-state index contributed by atoms with van der Waals surface area (Å²) in [6.07, 6.45) is 0.892. The van der Waals surface area contributed by atoms with Gasteiger partial charge in [-0.25, -0.2) is 9.98 Å². The highest BCUT2D eigenvalue weighted by Gasteiger charge is 2.22. The maximum absolute atomic E-state index is 4.87. The molecule has 0 atom stereocenters. The normalized spacial score (nSPS) is 14.6. The second-order valence-electron chi connectivity index (χ2n) is 7.05. The Balaban J connectivity index is 0.00000300. The Labute approximate surface area is 195 Å². The molecular weight excluding hydrogens is 497 g/mol. The van der Waals surface area contributed by atoms with Crippen LogP contribution in [0, 0.1) is 0 Å². The highest BCUT2D eigenvalue weighted by molar-refractivity contribution is 14.0. The van der Waals surface area contributed by atoms with Gasteiger partial charge in [0.15, 0.2) is 5.96 Å². The van der Waals surface area contributed by atoms with E-state index in [2.05, 4.69) is 81.6 Å². The highest BCUT2D eigenvalue weighted by Crippen LogP contribution is 2.19. The first-order valence-electron chi connectivity index (χ1n) is 9.97. The molecule has 0 spiro atoms. The molecule has 0 aliphatic carbocycles. The van der Waals surface area contributed by atoms with E-state index in [0.29, 0.717) is 6.54 Å². The van der Waals surface area contributed by atoms with Gasteiger partial charge in [-0.3, -0.25) is 0 Å². The second kappa shape index (κ2) is 11.5. The number of piperazine rings is 1. The predicted octanol–water partition coefficient (Wildman–Crippen LogP) is 3.07. The quantitative estimate of drug-likeness (QED) is 0.353. The number of nitrogens with one attached hydrogen (secondary N) is 1. The van der Waals surface area contributed by atoms with Crippen molar-refractivity contribution in [3.8, 4) is 0 Å². The van der Waals surface area contributed by atoms with E-state index >= 15 is 0 Å². The lowest BCUT2D eigenvalue weighted by Gasteiger charge is -2.36. The average Bonchev–Trinajstić information content (AvgIpc) is 3.21. The number of aryl methyl sites for hydroxylation is 1. The van der Waals surface area contributed by atoms with E-state index < -0.39 is 0 Å². The van der Waals surface area contributed by atoms with Crippen molar-refractivity contribution in [3.63, 3.8) is 0 Å². The Hall–Kier alpha value is -1.62. The highest BCUT2D eigenvalue weighted by atomic mass is 127. The largest absolute Gasteiger partial charge is 0.378 e.